The number of para-hydroxylation sites is 1. The van der Waals surface area contributed by atoms with Crippen molar-refractivity contribution in [1.29, 1.82) is 0 Å². The fourth-order valence-electron chi connectivity index (χ4n) is 5.69. The van der Waals surface area contributed by atoms with Crippen LogP contribution in [0.5, 0.6) is 11.5 Å². The maximum absolute atomic E-state index is 13.5. The molecule has 0 saturated carbocycles. The third-order valence-corrected chi connectivity index (χ3v) is 9.00. The summed E-state index contributed by atoms with van der Waals surface area (Å²) >= 11 is 1.43. The van der Waals surface area contributed by atoms with Gasteiger partial charge >= 0.3 is 5.97 Å². The number of esters is 1. The van der Waals surface area contributed by atoms with Gasteiger partial charge in [0.15, 0.2) is 10.8 Å². The topological polar surface area (TPSA) is 137 Å². The van der Waals surface area contributed by atoms with Crippen molar-refractivity contribution in [2.24, 2.45) is 0 Å². The zero-order valence-electron chi connectivity index (χ0n) is 25.6. The predicted octanol–water partition coefficient (Wildman–Crippen LogP) is 7.66. The number of carbonyl (C=O) groups excluding carboxylic acids is 2. The van der Waals surface area contributed by atoms with Crippen LogP contribution in [0.1, 0.15) is 32.0 Å². The number of thiazole rings is 1. The minimum atomic E-state index is -0.596. The molecular weight excluding hydrogens is 630 g/mol. The Labute approximate surface area is 278 Å². The third-order valence-electron chi connectivity index (χ3n) is 8.04. The molecule has 0 bridgehead atoms. The summed E-state index contributed by atoms with van der Waals surface area (Å²) in [6.45, 7) is 1.06. The van der Waals surface area contributed by atoms with Crippen LogP contribution in [-0.2, 0) is 17.7 Å². The molecule has 11 nitrogen and oxygen atoms in total. The first-order chi connectivity index (χ1) is 23.4. The molecule has 3 heterocycles. The van der Waals surface area contributed by atoms with E-state index in [4.69, 9.17) is 14.5 Å². The number of methoxy groups -OCH3 is 1. The number of nitro groups is 1. The van der Waals surface area contributed by atoms with Crippen molar-refractivity contribution in [3.05, 3.63) is 136 Å². The molecule has 0 fully saturated rings. The highest BCUT2D eigenvalue weighted by molar-refractivity contribution is 7.22. The van der Waals surface area contributed by atoms with E-state index in [-0.39, 0.29) is 17.3 Å². The van der Waals surface area contributed by atoms with E-state index in [1.54, 1.807) is 18.2 Å². The van der Waals surface area contributed by atoms with Gasteiger partial charge < -0.3 is 14.4 Å². The second-order valence-corrected chi connectivity index (χ2v) is 12.0. The number of aromatic nitrogens is 2. The molecule has 2 aromatic heterocycles. The van der Waals surface area contributed by atoms with Crippen molar-refractivity contribution >= 4 is 50.1 Å². The number of hydrogen-bond donors (Lipinski definition) is 1. The van der Waals surface area contributed by atoms with E-state index in [0.717, 1.165) is 21.3 Å². The first kappa shape index (κ1) is 30.5. The van der Waals surface area contributed by atoms with Gasteiger partial charge in [0, 0.05) is 36.3 Å². The molecule has 48 heavy (non-hydrogen) atoms. The summed E-state index contributed by atoms with van der Waals surface area (Å²) in [6.07, 6.45) is 0.691. The molecule has 0 unspecified atom stereocenters. The van der Waals surface area contributed by atoms with Crippen LogP contribution in [0.4, 0.5) is 16.6 Å². The number of ether oxygens (including phenoxy) is 2. The summed E-state index contributed by atoms with van der Waals surface area (Å²) < 4.78 is 12.0. The lowest BCUT2D eigenvalue weighted by molar-refractivity contribution is -0.384. The van der Waals surface area contributed by atoms with Crippen molar-refractivity contribution < 1.29 is 24.0 Å². The summed E-state index contributed by atoms with van der Waals surface area (Å²) in [6, 6.07) is 30.1. The normalized spacial score (nSPS) is 12.3. The minimum absolute atomic E-state index is 0.0360. The lowest BCUT2D eigenvalue weighted by Gasteiger charge is -2.31. The number of pyridine rings is 1. The Morgan fingerprint density at radius 3 is 2.52 bits per heavy atom. The third kappa shape index (κ3) is 6.16. The first-order valence-electron chi connectivity index (χ1n) is 15.0. The highest BCUT2D eigenvalue weighted by Gasteiger charge is 2.25. The summed E-state index contributed by atoms with van der Waals surface area (Å²) in [5.41, 5.74) is 4.69. The molecule has 0 atom stereocenters. The van der Waals surface area contributed by atoms with E-state index < -0.39 is 10.9 Å². The number of nitrogens with zero attached hydrogens (tertiary/aromatic N) is 4. The fourth-order valence-corrected chi connectivity index (χ4v) is 6.55. The predicted molar refractivity (Wildman–Crippen MR) is 183 cm³/mol. The molecule has 238 valence electrons. The van der Waals surface area contributed by atoms with Gasteiger partial charge in [-0.15, -0.1) is 0 Å². The number of benzene rings is 4. The number of nitrogens with one attached hydrogen (secondary N) is 1. The van der Waals surface area contributed by atoms with E-state index in [9.17, 15) is 19.7 Å². The number of hydrogen-bond acceptors (Lipinski definition) is 10. The van der Waals surface area contributed by atoms with Crippen LogP contribution in [0.3, 0.4) is 0 Å². The maximum atomic E-state index is 13.5. The summed E-state index contributed by atoms with van der Waals surface area (Å²) in [4.78, 5) is 48.4. The van der Waals surface area contributed by atoms with Gasteiger partial charge in [0.1, 0.15) is 17.3 Å². The van der Waals surface area contributed by atoms with Crippen molar-refractivity contribution in [3.8, 4) is 22.6 Å². The van der Waals surface area contributed by atoms with Crippen LogP contribution in [0.15, 0.2) is 103 Å². The highest BCUT2D eigenvalue weighted by atomic mass is 32.1. The van der Waals surface area contributed by atoms with Gasteiger partial charge in [-0.25, -0.2) is 14.8 Å². The highest BCUT2D eigenvalue weighted by Crippen LogP contribution is 2.33. The van der Waals surface area contributed by atoms with Crippen molar-refractivity contribution in [3.63, 3.8) is 0 Å². The van der Waals surface area contributed by atoms with E-state index in [1.807, 2.05) is 65.6 Å². The van der Waals surface area contributed by atoms with Gasteiger partial charge in [0.2, 0.25) is 0 Å². The number of amides is 1. The Morgan fingerprint density at radius 1 is 0.917 bits per heavy atom. The van der Waals surface area contributed by atoms with Crippen LogP contribution >= 0.6 is 11.3 Å². The molecule has 1 aliphatic heterocycles. The molecule has 0 spiro atoms. The van der Waals surface area contributed by atoms with Gasteiger partial charge in [0.05, 0.1) is 22.2 Å². The largest absolute Gasteiger partial charge is 0.464 e. The number of nitro benzene ring substituents is 1. The first-order valence-corrected chi connectivity index (χ1v) is 15.8. The number of fused-ring (bicyclic) bond motifs is 2. The average molecular weight is 658 g/mol. The maximum Gasteiger partial charge on any atom is 0.357 e. The van der Waals surface area contributed by atoms with Crippen molar-refractivity contribution in [2.45, 2.75) is 13.0 Å². The molecule has 7 rings (SSSR count). The van der Waals surface area contributed by atoms with Crippen LogP contribution < -0.4 is 15.0 Å². The van der Waals surface area contributed by atoms with E-state index >= 15 is 0 Å². The van der Waals surface area contributed by atoms with Gasteiger partial charge in [0.25, 0.3) is 11.6 Å². The summed E-state index contributed by atoms with van der Waals surface area (Å²) in [5, 5.41) is 14.5. The van der Waals surface area contributed by atoms with Crippen LogP contribution in [0.25, 0.3) is 21.3 Å². The smallest absolute Gasteiger partial charge is 0.357 e. The monoisotopic (exact) mass is 657 g/mol. The van der Waals surface area contributed by atoms with Gasteiger partial charge in [-0.1, -0.05) is 47.7 Å². The Balaban J connectivity index is 1.14. The SMILES string of the molecule is COC(=O)c1nc(N2CCc3cccc(C(=O)Nc4nc5ccccc5s4)c3C2)ccc1-c1cccc(Oc2ccc([N+](=O)[O-])cc2)c1. The van der Waals surface area contributed by atoms with E-state index in [1.165, 1.54) is 42.7 Å². The fraction of sp³-hybridized carbons (Fsp3) is 0.111. The molecule has 4 aromatic carbocycles. The Morgan fingerprint density at radius 2 is 1.73 bits per heavy atom. The van der Waals surface area contributed by atoms with Crippen LogP contribution in [0.2, 0.25) is 0 Å². The second kappa shape index (κ2) is 12.9. The average Bonchev–Trinajstić information content (AvgIpc) is 3.53. The van der Waals surface area contributed by atoms with Gasteiger partial charge in [-0.05, 0) is 77.7 Å². The molecule has 0 aliphatic carbocycles. The van der Waals surface area contributed by atoms with Crippen molar-refractivity contribution in [2.75, 3.05) is 23.9 Å². The van der Waals surface area contributed by atoms with Crippen LogP contribution in [-0.4, -0.2) is 40.4 Å². The lowest BCUT2D eigenvalue weighted by atomic mass is 9.94. The molecule has 1 aliphatic rings. The quantitative estimate of drug-likeness (QED) is 0.0993. The molecular formula is C36H27N5O6S. The van der Waals surface area contributed by atoms with Crippen molar-refractivity contribution in [1.82, 2.24) is 9.97 Å². The number of non-ortho nitro benzene ring substituents is 1. The van der Waals surface area contributed by atoms with E-state index in [2.05, 4.69) is 10.3 Å². The molecule has 1 N–H and O–H groups in total. The van der Waals surface area contributed by atoms with Crippen LogP contribution in [0, 0.1) is 10.1 Å². The Kier molecular flexibility index (Phi) is 8.22. The standard InChI is InChI=1S/C36H27N5O6S/c1-46-35(43)33-27(23-7-4-8-26(20-23)47-25-14-12-24(13-15-25)41(44)45)16-17-32(38-33)40-19-18-22-6-5-9-28(29(22)21-40)34(42)39-36-37-30-10-2-3-11-31(30)48-36/h2-17,20H,18-19,21H2,1H3,(H,37,39,42). The number of carbonyl (C=O) groups is 2. The summed E-state index contributed by atoms with van der Waals surface area (Å²) in [5.74, 6) is 0.650. The summed E-state index contributed by atoms with van der Waals surface area (Å²) in [7, 11) is 1.31. The number of rotatable bonds is 8. The lowest BCUT2D eigenvalue weighted by Crippen LogP contribution is -2.33. The zero-order valence-corrected chi connectivity index (χ0v) is 26.4. The van der Waals surface area contributed by atoms with E-state index in [0.29, 0.717) is 58.6 Å². The van der Waals surface area contributed by atoms with Gasteiger partial charge in [-0.2, -0.15) is 0 Å². The van der Waals surface area contributed by atoms with Gasteiger partial charge in [-0.3, -0.25) is 20.2 Å². The zero-order chi connectivity index (χ0) is 33.2. The number of anilines is 2. The minimum Gasteiger partial charge on any atom is -0.464 e. The second-order valence-electron chi connectivity index (χ2n) is 11.0. The Hall–Kier alpha value is -6.14. The molecule has 12 heteroatoms. The molecule has 6 aromatic rings. The molecule has 0 radical (unpaired) electrons. The molecule has 0 saturated heterocycles. The molecule has 1 amide bonds. The Bertz CT molecular complexity index is 2170.